The van der Waals surface area contributed by atoms with E-state index < -0.39 is 11.8 Å². The van der Waals surface area contributed by atoms with E-state index in [1.807, 2.05) is 0 Å². The average molecular weight is 180 g/mol. The standard InChI is InChI=1S/C8H5FN2O2/c9-6-2-1-4(8(12)13)7-5(6)3-10-11-7/h1-3H,(H,10,11)(H,12,13). The highest BCUT2D eigenvalue weighted by molar-refractivity contribution is 6.01. The Hall–Kier alpha value is -1.91. The Bertz CT molecular complexity index is 478. The van der Waals surface area contributed by atoms with Crippen LogP contribution in [0, 0.1) is 5.82 Å². The predicted molar refractivity (Wildman–Crippen MR) is 43.0 cm³/mol. The van der Waals surface area contributed by atoms with Crippen molar-refractivity contribution in [1.29, 1.82) is 0 Å². The van der Waals surface area contributed by atoms with Gasteiger partial charge in [0.15, 0.2) is 0 Å². The number of carboxylic acid groups (broad SMARTS) is 1. The monoisotopic (exact) mass is 180 g/mol. The molecule has 13 heavy (non-hydrogen) atoms. The Morgan fingerprint density at radius 1 is 1.54 bits per heavy atom. The molecule has 2 N–H and O–H groups in total. The molecular weight excluding hydrogens is 175 g/mol. The molecule has 0 aliphatic rings. The zero-order chi connectivity index (χ0) is 9.42. The van der Waals surface area contributed by atoms with Crippen LogP contribution in [0.5, 0.6) is 0 Å². The number of aromatic carboxylic acids is 1. The third-order valence-electron chi connectivity index (χ3n) is 1.79. The van der Waals surface area contributed by atoms with Crippen LogP contribution in [0.15, 0.2) is 18.3 Å². The Morgan fingerprint density at radius 3 is 3.00 bits per heavy atom. The van der Waals surface area contributed by atoms with Crippen molar-refractivity contribution < 1.29 is 14.3 Å². The SMILES string of the molecule is O=C(O)c1ccc(F)c2cn[nH]c12. The van der Waals surface area contributed by atoms with Gasteiger partial charge in [-0.05, 0) is 12.1 Å². The van der Waals surface area contributed by atoms with Gasteiger partial charge in [-0.2, -0.15) is 5.10 Å². The number of carbonyl (C=O) groups is 1. The van der Waals surface area contributed by atoms with Gasteiger partial charge in [0, 0.05) is 0 Å². The van der Waals surface area contributed by atoms with Gasteiger partial charge in [0.25, 0.3) is 0 Å². The maximum atomic E-state index is 13.0. The van der Waals surface area contributed by atoms with E-state index in [4.69, 9.17) is 5.11 Å². The summed E-state index contributed by atoms with van der Waals surface area (Å²) in [4.78, 5) is 10.7. The fourth-order valence-corrected chi connectivity index (χ4v) is 1.18. The van der Waals surface area contributed by atoms with Crippen molar-refractivity contribution >= 4 is 16.9 Å². The molecule has 0 spiro atoms. The van der Waals surface area contributed by atoms with Crippen molar-refractivity contribution in [2.45, 2.75) is 0 Å². The number of aromatic nitrogens is 2. The summed E-state index contributed by atoms with van der Waals surface area (Å²) < 4.78 is 13.0. The summed E-state index contributed by atoms with van der Waals surface area (Å²) in [5.41, 5.74) is 0.237. The van der Waals surface area contributed by atoms with Crippen LogP contribution in [0.4, 0.5) is 4.39 Å². The number of fused-ring (bicyclic) bond motifs is 1. The van der Waals surface area contributed by atoms with Gasteiger partial charge >= 0.3 is 5.97 Å². The van der Waals surface area contributed by atoms with Crippen molar-refractivity contribution in [3.05, 3.63) is 29.7 Å². The highest BCUT2D eigenvalue weighted by atomic mass is 19.1. The van der Waals surface area contributed by atoms with E-state index in [2.05, 4.69) is 10.2 Å². The number of carboxylic acids is 1. The Balaban J connectivity index is 2.86. The summed E-state index contributed by atoms with van der Waals surface area (Å²) in [6, 6.07) is 2.32. The van der Waals surface area contributed by atoms with Crippen LogP contribution in [0.2, 0.25) is 0 Å². The van der Waals surface area contributed by atoms with E-state index in [0.717, 1.165) is 6.07 Å². The Morgan fingerprint density at radius 2 is 2.31 bits per heavy atom. The zero-order valence-electron chi connectivity index (χ0n) is 6.41. The average Bonchev–Trinajstić information content (AvgIpc) is 2.53. The summed E-state index contributed by atoms with van der Waals surface area (Å²) in [5, 5.41) is 14.9. The molecule has 0 aliphatic carbocycles. The Labute approximate surface area is 72.0 Å². The molecule has 1 aromatic heterocycles. The van der Waals surface area contributed by atoms with E-state index in [1.165, 1.54) is 12.3 Å². The first-order valence-corrected chi connectivity index (χ1v) is 3.55. The van der Waals surface area contributed by atoms with Gasteiger partial charge in [-0.3, -0.25) is 5.10 Å². The molecule has 2 rings (SSSR count). The molecule has 0 atom stereocenters. The molecule has 0 saturated carbocycles. The number of halogens is 1. The van der Waals surface area contributed by atoms with E-state index in [-0.39, 0.29) is 16.5 Å². The number of H-pyrrole nitrogens is 1. The predicted octanol–water partition coefficient (Wildman–Crippen LogP) is 1.40. The minimum atomic E-state index is -1.10. The lowest BCUT2D eigenvalue weighted by atomic mass is 10.1. The first-order chi connectivity index (χ1) is 6.20. The van der Waals surface area contributed by atoms with E-state index in [9.17, 15) is 9.18 Å². The quantitative estimate of drug-likeness (QED) is 0.697. The van der Waals surface area contributed by atoms with Crippen LogP contribution in [-0.2, 0) is 0 Å². The van der Waals surface area contributed by atoms with Gasteiger partial charge < -0.3 is 5.11 Å². The van der Waals surface area contributed by atoms with Gasteiger partial charge in [0.2, 0.25) is 0 Å². The summed E-state index contributed by atoms with van der Waals surface area (Å²) in [5.74, 6) is -1.58. The first kappa shape index (κ1) is 7.72. The fourth-order valence-electron chi connectivity index (χ4n) is 1.18. The highest BCUT2D eigenvalue weighted by Crippen LogP contribution is 2.18. The third kappa shape index (κ3) is 1.05. The van der Waals surface area contributed by atoms with Crippen LogP contribution >= 0.6 is 0 Å². The van der Waals surface area contributed by atoms with Crippen molar-refractivity contribution in [3.63, 3.8) is 0 Å². The summed E-state index contributed by atoms with van der Waals surface area (Å²) in [6.45, 7) is 0. The molecule has 0 bridgehead atoms. The molecule has 1 aromatic carbocycles. The maximum Gasteiger partial charge on any atom is 0.337 e. The summed E-state index contributed by atoms with van der Waals surface area (Å²) in [7, 11) is 0. The van der Waals surface area contributed by atoms with Gasteiger partial charge in [-0.15, -0.1) is 0 Å². The molecular formula is C8H5FN2O2. The van der Waals surface area contributed by atoms with E-state index in [1.54, 1.807) is 0 Å². The number of rotatable bonds is 1. The fraction of sp³-hybridized carbons (Fsp3) is 0. The lowest BCUT2D eigenvalue weighted by molar-refractivity contribution is 0.0699. The first-order valence-electron chi connectivity index (χ1n) is 3.55. The van der Waals surface area contributed by atoms with Gasteiger partial charge in [-0.25, -0.2) is 9.18 Å². The number of hydrogen-bond acceptors (Lipinski definition) is 2. The molecule has 5 heteroatoms. The lowest BCUT2D eigenvalue weighted by Gasteiger charge is -1.96. The molecule has 1 heterocycles. The van der Waals surface area contributed by atoms with Crippen LogP contribution < -0.4 is 0 Å². The smallest absolute Gasteiger partial charge is 0.337 e. The molecule has 0 unspecified atom stereocenters. The normalized spacial score (nSPS) is 10.5. The van der Waals surface area contributed by atoms with Crippen LogP contribution in [0.25, 0.3) is 10.9 Å². The summed E-state index contributed by atoms with van der Waals surface area (Å²) >= 11 is 0. The molecule has 0 aliphatic heterocycles. The largest absolute Gasteiger partial charge is 0.478 e. The molecule has 66 valence electrons. The molecule has 0 radical (unpaired) electrons. The van der Waals surface area contributed by atoms with Gasteiger partial charge in [-0.1, -0.05) is 0 Å². The maximum absolute atomic E-state index is 13.0. The second kappa shape index (κ2) is 2.55. The zero-order valence-corrected chi connectivity index (χ0v) is 6.41. The molecule has 4 nitrogen and oxygen atoms in total. The second-order valence-electron chi connectivity index (χ2n) is 2.56. The molecule has 0 saturated heterocycles. The summed E-state index contributed by atoms with van der Waals surface area (Å²) in [6.07, 6.45) is 1.26. The molecule has 2 aromatic rings. The van der Waals surface area contributed by atoms with E-state index >= 15 is 0 Å². The molecule has 0 fully saturated rings. The minimum absolute atomic E-state index is 0.0221. The second-order valence-corrected chi connectivity index (χ2v) is 2.56. The van der Waals surface area contributed by atoms with Crippen molar-refractivity contribution in [3.8, 4) is 0 Å². The minimum Gasteiger partial charge on any atom is -0.478 e. The third-order valence-corrected chi connectivity index (χ3v) is 1.79. The van der Waals surface area contributed by atoms with Crippen LogP contribution in [0.3, 0.4) is 0 Å². The van der Waals surface area contributed by atoms with Crippen LogP contribution in [-0.4, -0.2) is 21.3 Å². The molecule has 0 amide bonds. The van der Waals surface area contributed by atoms with Gasteiger partial charge in [0.05, 0.1) is 22.7 Å². The van der Waals surface area contributed by atoms with Crippen LogP contribution in [0.1, 0.15) is 10.4 Å². The van der Waals surface area contributed by atoms with Gasteiger partial charge in [0.1, 0.15) is 5.82 Å². The lowest BCUT2D eigenvalue weighted by Crippen LogP contribution is -1.97. The number of aromatic amines is 1. The number of hydrogen-bond donors (Lipinski definition) is 2. The number of nitrogens with zero attached hydrogens (tertiary/aromatic N) is 1. The number of benzene rings is 1. The highest BCUT2D eigenvalue weighted by Gasteiger charge is 2.12. The van der Waals surface area contributed by atoms with Crippen molar-refractivity contribution in [2.75, 3.05) is 0 Å². The van der Waals surface area contributed by atoms with Crippen molar-refractivity contribution in [2.24, 2.45) is 0 Å². The Kier molecular flexibility index (Phi) is 1.51. The van der Waals surface area contributed by atoms with E-state index in [0.29, 0.717) is 0 Å². The van der Waals surface area contributed by atoms with Crippen molar-refractivity contribution in [1.82, 2.24) is 10.2 Å². The topological polar surface area (TPSA) is 66.0 Å². The number of nitrogens with one attached hydrogen (secondary N) is 1.